The van der Waals surface area contributed by atoms with E-state index in [1.54, 1.807) is 0 Å². The molecule has 0 radical (unpaired) electrons. The summed E-state index contributed by atoms with van der Waals surface area (Å²) >= 11 is 0. The van der Waals surface area contributed by atoms with Gasteiger partial charge in [0, 0.05) is 31.3 Å². The maximum absolute atomic E-state index is 14.0. The van der Waals surface area contributed by atoms with Crippen LogP contribution in [-0.2, 0) is 10.0 Å². The van der Waals surface area contributed by atoms with E-state index in [1.165, 1.54) is 4.31 Å². The first kappa shape index (κ1) is 18.3. The van der Waals surface area contributed by atoms with Crippen LogP contribution in [0.3, 0.4) is 0 Å². The van der Waals surface area contributed by atoms with E-state index in [0.717, 1.165) is 5.56 Å². The van der Waals surface area contributed by atoms with Crippen molar-refractivity contribution in [1.82, 2.24) is 4.31 Å². The summed E-state index contributed by atoms with van der Waals surface area (Å²) in [7, 11) is -3.81. The predicted octanol–water partition coefficient (Wildman–Crippen LogP) is 3.38. The highest BCUT2D eigenvalue weighted by molar-refractivity contribution is 7.89. The highest BCUT2D eigenvalue weighted by Crippen LogP contribution is 2.40. The number of hydrogen-bond donors (Lipinski definition) is 0. The summed E-state index contributed by atoms with van der Waals surface area (Å²) in [5.41, 5.74) is 0.912. The first-order valence-corrected chi connectivity index (χ1v) is 10.2. The van der Waals surface area contributed by atoms with Gasteiger partial charge in [-0.25, -0.2) is 17.2 Å². The first-order valence-electron chi connectivity index (χ1n) is 8.64. The summed E-state index contributed by atoms with van der Waals surface area (Å²) in [6, 6.07) is 11.5. The topological polar surface area (TPSA) is 61.2 Å². The predicted molar refractivity (Wildman–Crippen MR) is 90.6 cm³/mol. The molecule has 1 saturated carbocycles. The Morgan fingerprint density at radius 2 is 1.92 bits per heavy atom. The number of halogens is 2. The van der Waals surface area contributed by atoms with E-state index in [1.807, 2.05) is 30.3 Å². The van der Waals surface area contributed by atoms with Gasteiger partial charge in [0.15, 0.2) is 0 Å². The second-order valence-corrected chi connectivity index (χ2v) is 9.07. The van der Waals surface area contributed by atoms with Gasteiger partial charge in [-0.05, 0) is 18.4 Å². The summed E-state index contributed by atoms with van der Waals surface area (Å²) in [5, 5.41) is 9.39. The minimum absolute atomic E-state index is 0.0800. The van der Waals surface area contributed by atoms with Crippen LogP contribution in [-0.4, -0.2) is 37.5 Å². The fraction of sp³-hybridized carbons (Fsp3) is 0.611. The lowest BCUT2D eigenvalue weighted by Crippen LogP contribution is -2.41. The van der Waals surface area contributed by atoms with Crippen LogP contribution in [0.15, 0.2) is 30.3 Å². The molecular formula is C18H22F2N2O2S. The second-order valence-electron chi connectivity index (χ2n) is 7.05. The monoisotopic (exact) mass is 368 g/mol. The largest absolute Gasteiger partial charge is 0.251 e. The molecule has 0 aromatic heterocycles. The molecular weight excluding hydrogens is 346 g/mol. The number of nitrogens with zero attached hydrogens (tertiary/aromatic N) is 2. The van der Waals surface area contributed by atoms with E-state index >= 15 is 0 Å². The van der Waals surface area contributed by atoms with Crippen molar-refractivity contribution >= 4 is 10.0 Å². The Morgan fingerprint density at radius 3 is 2.56 bits per heavy atom. The van der Waals surface area contributed by atoms with Crippen molar-refractivity contribution in [2.24, 2.45) is 11.8 Å². The Hall–Kier alpha value is -1.52. The minimum Gasteiger partial charge on any atom is -0.212 e. The Balaban J connectivity index is 1.76. The third-order valence-corrected chi connectivity index (χ3v) is 7.30. The van der Waals surface area contributed by atoms with Gasteiger partial charge in [0.2, 0.25) is 10.0 Å². The molecule has 4 nitrogen and oxygen atoms in total. The first-order chi connectivity index (χ1) is 11.8. The molecule has 3 rings (SSSR count). The lowest BCUT2D eigenvalue weighted by Gasteiger charge is -2.32. The van der Waals surface area contributed by atoms with Crippen LogP contribution in [0.1, 0.15) is 37.2 Å². The highest BCUT2D eigenvalue weighted by atomic mass is 32.2. The van der Waals surface area contributed by atoms with Crippen molar-refractivity contribution in [3.8, 4) is 6.07 Å². The average molecular weight is 368 g/mol. The molecule has 0 spiro atoms. The molecule has 136 valence electrons. The van der Waals surface area contributed by atoms with Gasteiger partial charge in [-0.1, -0.05) is 36.8 Å². The van der Waals surface area contributed by atoms with Crippen LogP contribution in [0.25, 0.3) is 0 Å². The molecule has 1 aliphatic heterocycles. The van der Waals surface area contributed by atoms with Gasteiger partial charge in [-0.3, -0.25) is 0 Å². The summed E-state index contributed by atoms with van der Waals surface area (Å²) in [6.45, 7) is 0.263. The Bertz CT molecular complexity index is 746. The zero-order valence-corrected chi connectivity index (χ0v) is 14.8. The smallest absolute Gasteiger partial charge is 0.212 e. The second kappa shape index (κ2) is 7.00. The number of benzene rings is 1. The van der Waals surface area contributed by atoms with Gasteiger partial charge in [-0.2, -0.15) is 9.57 Å². The van der Waals surface area contributed by atoms with Crippen molar-refractivity contribution in [3.05, 3.63) is 35.9 Å². The van der Waals surface area contributed by atoms with E-state index < -0.39 is 33.5 Å². The Labute approximate surface area is 147 Å². The molecule has 1 aliphatic carbocycles. The fourth-order valence-corrected chi connectivity index (χ4v) is 5.80. The zero-order valence-electron chi connectivity index (χ0n) is 13.9. The minimum atomic E-state index is -3.81. The number of alkyl halides is 2. The van der Waals surface area contributed by atoms with Crippen molar-refractivity contribution < 1.29 is 17.2 Å². The number of nitriles is 1. The summed E-state index contributed by atoms with van der Waals surface area (Å²) in [5.74, 6) is -5.24. The molecule has 1 aromatic rings. The highest BCUT2D eigenvalue weighted by Gasteiger charge is 2.46. The van der Waals surface area contributed by atoms with Crippen molar-refractivity contribution in [3.63, 3.8) is 0 Å². The van der Waals surface area contributed by atoms with Gasteiger partial charge in [0.05, 0.1) is 17.7 Å². The average Bonchev–Trinajstić information content (AvgIpc) is 3.03. The maximum Gasteiger partial charge on any atom is 0.251 e. The molecule has 25 heavy (non-hydrogen) atoms. The molecule has 1 heterocycles. The van der Waals surface area contributed by atoms with Gasteiger partial charge in [-0.15, -0.1) is 0 Å². The molecule has 3 atom stereocenters. The summed E-state index contributed by atoms with van der Waals surface area (Å²) in [4.78, 5) is 0. The van der Waals surface area contributed by atoms with Crippen LogP contribution in [0.4, 0.5) is 8.78 Å². The van der Waals surface area contributed by atoms with Crippen LogP contribution >= 0.6 is 0 Å². The van der Waals surface area contributed by atoms with E-state index in [2.05, 4.69) is 6.07 Å². The Morgan fingerprint density at radius 1 is 1.20 bits per heavy atom. The normalized spacial score (nSPS) is 30.0. The van der Waals surface area contributed by atoms with Crippen molar-refractivity contribution in [2.75, 3.05) is 18.8 Å². The fourth-order valence-electron chi connectivity index (χ4n) is 3.90. The van der Waals surface area contributed by atoms with Crippen LogP contribution in [0, 0.1) is 23.2 Å². The van der Waals surface area contributed by atoms with E-state index in [0.29, 0.717) is 12.8 Å². The van der Waals surface area contributed by atoms with Crippen LogP contribution < -0.4 is 0 Å². The number of hydrogen-bond acceptors (Lipinski definition) is 3. The van der Waals surface area contributed by atoms with Gasteiger partial charge >= 0.3 is 0 Å². The maximum atomic E-state index is 14.0. The SMILES string of the molecule is N#C[C@@H]1CN(S(=O)(=O)CC2CCCCC2(F)F)C[C@H]1c1ccccc1. The van der Waals surface area contributed by atoms with E-state index in [4.69, 9.17) is 0 Å². The molecule has 0 N–H and O–H groups in total. The van der Waals surface area contributed by atoms with Crippen molar-refractivity contribution in [1.29, 1.82) is 5.26 Å². The Kier molecular flexibility index (Phi) is 5.12. The third kappa shape index (κ3) is 3.85. The quantitative estimate of drug-likeness (QED) is 0.818. The standard InChI is InChI=1S/C18H22F2N2O2S/c19-18(20)9-5-4-8-16(18)13-25(23,24)22-11-15(10-21)17(12-22)14-6-2-1-3-7-14/h1-3,6-7,15-17H,4-5,8-9,11-13H2/t15-,16?,17+/m1/s1. The summed E-state index contributed by atoms with van der Waals surface area (Å²) < 4.78 is 54.7. The van der Waals surface area contributed by atoms with Crippen molar-refractivity contribution in [2.45, 2.75) is 37.5 Å². The number of sulfonamides is 1. The molecule has 2 fully saturated rings. The van der Waals surface area contributed by atoms with E-state index in [-0.39, 0.29) is 31.8 Å². The van der Waals surface area contributed by atoms with Gasteiger partial charge < -0.3 is 0 Å². The van der Waals surface area contributed by atoms with Crippen LogP contribution in [0.2, 0.25) is 0 Å². The van der Waals surface area contributed by atoms with Gasteiger partial charge in [0.25, 0.3) is 5.92 Å². The van der Waals surface area contributed by atoms with Gasteiger partial charge in [0.1, 0.15) is 0 Å². The summed E-state index contributed by atoms with van der Waals surface area (Å²) in [6.07, 6.45) is 1.09. The molecule has 2 aliphatic rings. The number of rotatable bonds is 4. The van der Waals surface area contributed by atoms with E-state index in [9.17, 15) is 22.5 Å². The molecule has 1 aromatic carbocycles. The molecule has 0 amide bonds. The molecule has 1 unspecified atom stereocenters. The lowest BCUT2D eigenvalue weighted by atomic mass is 9.87. The molecule has 7 heteroatoms. The zero-order chi connectivity index (χ0) is 18.1. The third-order valence-electron chi connectivity index (χ3n) is 5.40. The lowest BCUT2D eigenvalue weighted by molar-refractivity contribution is -0.0772. The molecule has 0 bridgehead atoms. The van der Waals surface area contributed by atoms with Crippen LogP contribution in [0.5, 0.6) is 0 Å². The molecule has 1 saturated heterocycles.